The van der Waals surface area contributed by atoms with Crippen molar-refractivity contribution in [2.24, 2.45) is 0 Å². The van der Waals surface area contributed by atoms with Crippen LogP contribution < -0.4 is 16.2 Å². The topological polar surface area (TPSA) is 76.9 Å². The summed E-state index contributed by atoms with van der Waals surface area (Å²) in [6.07, 6.45) is -0.227. The van der Waals surface area contributed by atoms with Gasteiger partial charge >= 0.3 is 0 Å². The third-order valence-corrected chi connectivity index (χ3v) is 2.60. The molecule has 0 saturated heterocycles. The van der Waals surface area contributed by atoms with Gasteiger partial charge in [-0.1, -0.05) is 11.6 Å². The summed E-state index contributed by atoms with van der Waals surface area (Å²) in [6, 6.07) is 7.06. The molecule has 94 valence electrons. The van der Waals surface area contributed by atoms with Crippen LogP contribution in [0.15, 0.2) is 18.2 Å². The number of carbonyl (C=O) groups is 1. The number of aryl methyl sites for hydroxylation is 1. The second kappa shape index (κ2) is 6.79. The molecule has 0 aliphatic carbocycles. The van der Waals surface area contributed by atoms with Gasteiger partial charge in [0, 0.05) is 10.7 Å². The molecule has 0 atom stereocenters. The number of hydrazine groups is 1. The highest BCUT2D eigenvalue weighted by atomic mass is 35.5. The van der Waals surface area contributed by atoms with Gasteiger partial charge in [-0.25, -0.2) is 0 Å². The van der Waals surface area contributed by atoms with Gasteiger partial charge in [-0.3, -0.25) is 15.6 Å². The van der Waals surface area contributed by atoms with E-state index < -0.39 is 5.91 Å². The highest BCUT2D eigenvalue weighted by Gasteiger charge is 2.02. The minimum atomic E-state index is -0.450. The summed E-state index contributed by atoms with van der Waals surface area (Å²) >= 11 is 10.9. The summed E-state index contributed by atoms with van der Waals surface area (Å²) < 4.78 is 0. The fourth-order valence-corrected chi connectivity index (χ4v) is 1.41. The number of nitrogens with zero attached hydrogens (tertiary/aromatic N) is 1. The van der Waals surface area contributed by atoms with E-state index in [9.17, 15) is 4.79 Å². The van der Waals surface area contributed by atoms with Gasteiger partial charge in [0.1, 0.15) is 6.42 Å². The molecular formula is C11H11ClN4OS. The van der Waals surface area contributed by atoms with Crippen molar-refractivity contribution in [3.8, 4) is 6.07 Å². The molecule has 18 heavy (non-hydrogen) atoms. The zero-order valence-electron chi connectivity index (χ0n) is 9.58. The van der Waals surface area contributed by atoms with Crippen molar-refractivity contribution in [1.29, 1.82) is 5.26 Å². The molecule has 1 aromatic carbocycles. The van der Waals surface area contributed by atoms with Gasteiger partial charge in [-0.2, -0.15) is 5.26 Å². The molecule has 7 heteroatoms. The van der Waals surface area contributed by atoms with Gasteiger partial charge in [0.25, 0.3) is 5.91 Å². The molecule has 0 aliphatic rings. The Balaban J connectivity index is 2.47. The Hall–Kier alpha value is -1.84. The molecule has 0 radical (unpaired) electrons. The van der Waals surface area contributed by atoms with Crippen LogP contribution in [0.1, 0.15) is 12.0 Å². The lowest BCUT2D eigenvalue weighted by Gasteiger charge is -2.11. The maximum atomic E-state index is 11.0. The van der Waals surface area contributed by atoms with E-state index in [4.69, 9.17) is 29.1 Å². The molecule has 5 nitrogen and oxygen atoms in total. The zero-order chi connectivity index (χ0) is 13.5. The molecule has 0 unspecified atom stereocenters. The summed E-state index contributed by atoms with van der Waals surface area (Å²) in [7, 11) is 0. The van der Waals surface area contributed by atoms with Gasteiger partial charge in [0.15, 0.2) is 5.11 Å². The minimum absolute atomic E-state index is 0.225. The fourth-order valence-electron chi connectivity index (χ4n) is 1.13. The first-order valence-corrected chi connectivity index (χ1v) is 5.80. The van der Waals surface area contributed by atoms with Crippen molar-refractivity contribution in [1.82, 2.24) is 10.9 Å². The molecule has 3 N–H and O–H groups in total. The highest BCUT2D eigenvalue weighted by Crippen LogP contribution is 2.19. The number of amides is 1. The Labute approximate surface area is 115 Å². The summed E-state index contributed by atoms with van der Waals surface area (Å²) in [5.74, 6) is -0.450. The number of hydrogen-bond acceptors (Lipinski definition) is 3. The molecule has 1 rings (SSSR count). The molecule has 0 aliphatic heterocycles. The Kier molecular flexibility index (Phi) is 5.36. The van der Waals surface area contributed by atoms with Crippen molar-refractivity contribution in [2.45, 2.75) is 13.3 Å². The van der Waals surface area contributed by atoms with Crippen LogP contribution in [0.5, 0.6) is 0 Å². The van der Waals surface area contributed by atoms with E-state index in [2.05, 4.69) is 16.2 Å². The van der Waals surface area contributed by atoms with Crippen molar-refractivity contribution >= 4 is 40.5 Å². The number of nitriles is 1. The predicted octanol–water partition coefficient (Wildman–Crippen LogP) is 1.88. The van der Waals surface area contributed by atoms with Crippen molar-refractivity contribution in [3.05, 3.63) is 28.8 Å². The fraction of sp³-hybridized carbons (Fsp3) is 0.182. The molecule has 0 fully saturated rings. The van der Waals surface area contributed by atoms with Crippen LogP contribution in [0.25, 0.3) is 0 Å². The molecule has 0 spiro atoms. The lowest BCUT2D eigenvalue weighted by atomic mass is 10.2. The first-order valence-electron chi connectivity index (χ1n) is 5.02. The van der Waals surface area contributed by atoms with Crippen LogP contribution in [0.2, 0.25) is 5.02 Å². The standard InChI is InChI=1S/C11H11ClN4OS/c1-7-6-8(2-3-9(7)12)14-11(18)16-15-10(17)4-5-13/h2-3,6H,4H2,1H3,(H,15,17)(H2,14,16,18). The summed E-state index contributed by atoms with van der Waals surface area (Å²) in [5.41, 5.74) is 6.44. The van der Waals surface area contributed by atoms with Crippen molar-refractivity contribution < 1.29 is 4.79 Å². The van der Waals surface area contributed by atoms with Crippen LogP contribution in [0.4, 0.5) is 5.69 Å². The van der Waals surface area contributed by atoms with Gasteiger partial charge in [0.2, 0.25) is 0 Å². The molecule has 1 aromatic rings. The van der Waals surface area contributed by atoms with E-state index in [-0.39, 0.29) is 11.5 Å². The van der Waals surface area contributed by atoms with Crippen LogP contribution in [0, 0.1) is 18.3 Å². The van der Waals surface area contributed by atoms with Gasteiger partial charge in [-0.15, -0.1) is 0 Å². The summed E-state index contributed by atoms with van der Waals surface area (Å²) in [4.78, 5) is 11.0. The molecule has 0 bridgehead atoms. The highest BCUT2D eigenvalue weighted by molar-refractivity contribution is 7.80. The SMILES string of the molecule is Cc1cc(NC(=S)NNC(=O)CC#N)ccc1Cl. The minimum Gasteiger partial charge on any atom is -0.331 e. The van der Waals surface area contributed by atoms with Crippen molar-refractivity contribution in [2.75, 3.05) is 5.32 Å². The quantitative estimate of drug-likeness (QED) is 0.570. The number of hydrogen-bond donors (Lipinski definition) is 3. The van der Waals surface area contributed by atoms with E-state index in [0.29, 0.717) is 5.02 Å². The second-order valence-corrected chi connectivity index (χ2v) is 4.24. The molecule has 0 aromatic heterocycles. The summed E-state index contributed by atoms with van der Waals surface area (Å²) in [5, 5.41) is 12.1. The predicted molar refractivity (Wildman–Crippen MR) is 73.9 cm³/mol. The van der Waals surface area contributed by atoms with Gasteiger partial charge in [0.05, 0.1) is 6.07 Å². The number of thiocarbonyl (C=S) groups is 1. The molecule has 0 saturated carbocycles. The number of benzene rings is 1. The first-order chi connectivity index (χ1) is 8.52. The second-order valence-electron chi connectivity index (χ2n) is 3.43. The summed E-state index contributed by atoms with van der Waals surface area (Å²) in [6.45, 7) is 1.87. The molecular weight excluding hydrogens is 272 g/mol. The number of anilines is 1. The maximum Gasteiger partial charge on any atom is 0.252 e. The van der Waals surface area contributed by atoms with Crippen LogP contribution in [-0.4, -0.2) is 11.0 Å². The number of nitrogens with one attached hydrogen (secondary N) is 3. The maximum absolute atomic E-state index is 11.0. The third kappa shape index (κ3) is 4.57. The number of rotatable bonds is 2. The lowest BCUT2D eigenvalue weighted by Crippen LogP contribution is -2.43. The largest absolute Gasteiger partial charge is 0.331 e. The monoisotopic (exact) mass is 282 g/mol. The normalized spacial score (nSPS) is 9.17. The van der Waals surface area contributed by atoms with Crippen LogP contribution in [0.3, 0.4) is 0 Å². The average molecular weight is 283 g/mol. The molecule has 1 amide bonds. The van der Waals surface area contributed by atoms with Gasteiger partial charge in [-0.05, 0) is 42.9 Å². The van der Waals surface area contributed by atoms with E-state index in [0.717, 1.165) is 11.3 Å². The smallest absolute Gasteiger partial charge is 0.252 e. The van der Waals surface area contributed by atoms with Gasteiger partial charge < -0.3 is 5.32 Å². The van der Waals surface area contributed by atoms with E-state index in [1.807, 2.05) is 13.0 Å². The number of halogens is 1. The number of carbonyl (C=O) groups excluding carboxylic acids is 1. The van der Waals surface area contributed by atoms with Crippen LogP contribution >= 0.6 is 23.8 Å². The Morgan fingerprint density at radius 3 is 2.83 bits per heavy atom. The lowest BCUT2D eigenvalue weighted by molar-refractivity contribution is -0.120. The Morgan fingerprint density at radius 1 is 1.50 bits per heavy atom. The van der Waals surface area contributed by atoms with Crippen molar-refractivity contribution in [3.63, 3.8) is 0 Å². The van der Waals surface area contributed by atoms with E-state index in [1.165, 1.54) is 0 Å². The molecule has 0 heterocycles. The Morgan fingerprint density at radius 2 is 2.22 bits per heavy atom. The first kappa shape index (κ1) is 14.2. The third-order valence-electron chi connectivity index (χ3n) is 1.97. The Bertz CT molecular complexity index is 512. The average Bonchev–Trinajstić information content (AvgIpc) is 2.32. The zero-order valence-corrected chi connectivity index (χ0v) is 11.2. The van der Waals surface area contributed by atoms with E-state index in [1.54, 1.807) is 18.2 Å². The van der Waals surface area contributed by atoms with E-state index >= 15 is 0 Å². The van der Waals surface area contributed by atoms with Crippen LogP contribution in [-0.2, 0) is 4.79 Å².